The lowest BCUT2D eigenvalue weighted by atomic mass is 9.92. The van der Waals surface area contributed by atoms with E-state index in [2.05, 4.69) is 48.3 Å². The topological polar surface area (TPSA) is 32.3 Å². The highest BCUT2D eigenvalue weighted by molar-refractivity contribution is 5.85. The molecule has 1 aromatic carbocycles. The molecule has 1 unspecified atom stereocenters. The van der Waals surface area contributed by atoms with E-state index in [1.165, 1.54) is 18.4 Å². The van der Waals surface area contributed by atoms with Gasteiger partial charge in [0, 0.05) is 13.0 Å². The van der Waals surface area contributed by atoms with Crippen LogP contribution in [0.4, 0.5) is 0 Å². The lowest BCUT2D eigenvalue weighted by Gasteiger charge is -2.31. The number of hydrogen-bond acceptors (Lipinski definition) is 2. The van der Waals surface area contributed by atoms with Gasteiger partial charge >= 0.3 is 0 Å². The van der Waals surface area contributed by atoms with Gasteiger partial charge in [0.2, 0.25) is 5.91 Å². The van der Waals surface area contributed by atoms with Crippen LogP contribution in [0.25, 0.3) is 0 Å². The van der Waals surface area contributed by atoms with Gasteiger partial charge in [-0.2, -0.15) is 0 Å². The number of nitrogens with one attached hydrogen (secondary N) is 1. The molecule has 3 nitrogen and oxygen atoms in total. The fraction of sp³-hybridized carbons (Fsp3) is 0.650. The minimum atomic E-state index is 0. The van der Waals surface area contributed by atoms with Gasteiger partial charge in [-0.15, -0.1) is 12.4 Å². The van der Waals surface area contributed by atoms with Crippen molar-refractivity contribution in [2.24, 2.45) is 5.92 Å². The predicted molar refractivity (Wildman–Crippen MR) is 104 cm³/mol. The van der Waals surface area contributed by atoms with E-state index in [1.807, 2.05) is 6.07 Å². The van der Waals surface area contributed by atoms with E-state index < -0.39 is 0 Å². The largest absolute Gasteiger partial charge is 0.336 e. The average Bonchev–Trinajstić information content (AvgIpc) is 2.61. The number of benzene rings is 1. The smallest absolute Gasteiger partial charge is 0.223 e. The Morgan fingerprint density at radius 1 is 1.25 bits per heavy atom. The normalized spacial score (nSPS) is 16.2. The number of carbonyl (C=O) groups excluding carboxylic acids is 1. The van der Waals surface area contributed by atoms with Crippen LogP contribution in [0.15, 0.2) is 30.3 Å². The van der Waals surface area contributed by atoms with Gasteiger partial charge in [-0.25, -0.2) is 0 Å². The molecule has 1 atom stereocenters. The molecule has 1 fully saturated rings. The zero-order chi connectivity index (χ0) is 16.5. The molecule has 1 aliphatic heterocycles. The van der Waals surface area contributed by atoms with Crippen LogP contribution in [-0.4, -0.2) is 30.4 Å². The Balaban J connectivity index is 0.00000288. The summed E-state index contributed by atoms with van der Waals surface area (Å²) in [7, 11) is 0. The lowest BCUT2D eigenvalue weighted by molar-refractivity contribution is -0.133. The van der Waals surface area contributed by atoms with Gasteiger partial charge in [-0.05, 0) is 57.2 Å². The molecule has 0 aliphatic carbocycles. The average molecular weight is 353 g/mol. The van der Waals surface area contributed by atoms with Crippen molar-refractivity contribution in [3.8, 4) is 0 Å². The first-order valence-corrected chi connectivity index (χ1v) is 9.27. The van der Waals surface area contributed by atoms with Crippen LogP contribution >= 0.6 is 12.4 Å². The van der Waals surface area contributed by atoms with Crippen LogP contribution in [-0.2, 0) is 4.79 Å². The van der Waals surface area contributed by atoms with Gasteiger partial charge < -0.3 is 10.2 Å². The Labute approximate surface area is 153 Å². The third-order valence-electron chi connectivity index (χ3n) is 5.05. The van der Waals surface area contributed by atoms with E-state index >= 15 is 0 Å². The molecule has 1 aromatic rings. The molecule has 1 N–H and O–H groups in total. The maximum Gasteiger partial charge on any atom is 0.223 e. The second-order valence-electron chi connectivity index (χ2n) is 6.76. The second kappa shape index (κ2) is 11.5. The van der Waals surface area contributed by atoms with Crippen molar-refractivity contribution < 1.29 is 4.79 Å². The van der Waals surface area contributed by atoms with Gasteiger partial charge in [0.25, 0.3) is 0 Å². The molecular formula is C20H33ClN2O. The predicted octanol–water partition coefficient (Wildman–Crippen LogP) is 4.58. The summed E-state index contributed by atoms with van der Waals surface area (Å²) in [5, 5.41) is 3.40. The quantitative estimate of drug-likeness (QED) is 0.742. The fourth-order valence-corrected chi connectivity index (χ4v) is 3.42. The number of halogens is 1. The Morgan fingerprint density at radius 3 is 2.54 bits per heavy atom. The molecule has 1 amide bonds. The summed E-state index contributed by atoms with van der Waals surface area (Å²) in [5.41, 5.74) is 1.24. The third-order valence-corrected chi connectivity index (χ3v) is 5.05. The Hall–Kier alpha value is -1.06. The molecule has 0 radical (unpaired) electrons. The minimum absolute atomic E-state index is 0. The van der Waals surface area contributed by atoms with Crippen LogP contribution in [0, 0.1) is 5.92 Å². The SMILES string of the molecule is CCCCN(C(=O)CCC1CCNCC1)C(C)c1ccccc1.Cl. The summed E-state index contributed by atoms with van der Waals surface area (Å²) >= 11 is 0. The maximum atomic E-state index is 12.8. The highest BCUT2D eigenvalue weighted by atomic mass is 35.5. The summed E-state index contributed by atoms with van der Waals surface area (Å²) in [6.07, 6.45) is 6.39. The number of hydrogen-bond donors (Lipinski definition) is 1. The van der Waals surface area contributed by atoms with Crippen LogP contribution in [0.5, 0.6) is 0 Å². The number of carbonyl (C=O) groups is 1. The van der Waals surface area contributed by atoms with Crippen LogP contribution < -0.4 is 5.32 Å². The van der Waals surface area contributed by atoms with Crippen molar-refractivity contribution in [3.05, 3.63) is 35.9 Å². The monoisotopic (exact) mass is 352 g/mol. The Bertz CT molecular complexity index is 460. The van der Waals surface area contributed by atoms with E-state index in [9.17, 15) is 4.79 Å². The molecule has 1 aliphatic rings. The van der Waals surface area contributed by atoms with Gasteiger partial charge in [0.1, 0.15) is 0 Å². The van der Waals surface area contributed by atoms with E-state index in [0.717, 1.165) is 44.8 Å². The molecule has 0 aromatic heterocycles. The first-order valence-electron chi connectivity index (χ1n) is 9.27. The van der Waals surface area contributed by atoms with E-state index in [0.29, 0.717) is 12.3 Å². The van der Waals surface area contributed by atoms with Crippen LogP contribution in [0.2, 0.25) is 0 Å². The zero-order valence-electron chi connectivity index (χ0n) is 15.2. The summed E-state index contributed by atoms with van der Waals surface area (Å²) < 4.78 is 0. The fourth-order valence-electron chi connectivity index (χ4n) is 3.42. The molecule has 0 spiro atoms. The standard InChI is InChI=1S/C20H32N2O.ClH/c1-3-4-16-22(17(2)19-8-6-5-7-9-19)20(23)11-10-18-12-14-21-15-13-18;/h5-9,17-18,21H,3-4,10-16H2,1-2H3;1H. The van der Waals surface area contributed by atoms with Gasteiger partial charge in [0.15, 0.2) is 0 Å². The van der Waals surface area contributed by atoms with Crippen LogP contribution in [0.3, 0.4) is 0 Å². The molecule has 1 saturated heterocycles. The van der Waals surface area contributed by atoms with Crippen molar-refractivity contribution >= 4 is 18.3 Å². The number of piperidine rings is 1. The minimum Gasteiger partial charge on any atom is -0.336 e. The third kappa shape index (κ3) is 6.45. The van der Waals surface area contributed by atoms with Crippen molar-refractivity contribution in [1.29, 1.82) is 0 Å². The van der Waals surface area contributed by atoms with Gasteiger partial charge in [-0.3, -0.25) is 4.79 Å². The first-order chi connectivity index (χ1) is 11.2. The van der Waals surface area contributed by atoms with Gasteiger partial charge in [-0.1, -0.05) is 43.7 Å². The van der Waals surface area contributed by atoms with Crippen molar-refractivity contribution in [3.63, 3.8) is 0 Å². The summed E-state index contributed by atoms with van der Waals surface area (Å²) in [6.45, 7) is 7.44. The molecule has 24 heavy (non-hydrogen) atoms. The Morgan fingerprint density at radius 2 is 1.92 bits per heavy atom. The van der Waals surface area contributed by atoms with Crippen LogP contribution in [0.1, 0.15) is 64.0 Å². The molecule has 136 valence electrons. The Kier molecular flexibility index (Phi) is 10.0. The number of nitrogens with zero attached hydrogens (tertiary/aromatic N) is 1. The van der Waals surface area contributed by atoms with Crippen molar-refractivity contribution in [2.75, 3.05) is 19.6 Å². The lowest BCUT2D eigenvalue weighted by Crippen LogP contribution is -2.35. The number of unbranched alkanes of at least 4 members (excludes halogenated alkanes) is 1. The highest BCUT2D eigenvalue weighted by Crippen LogP contribution is 2.24. The number of rotatable bonds is 8. The van der Waals surface area contributed by atoms with Crippen molar-refractivity contribution in [2.45, 2.75) is 58.4 Å². The second-order valence-corrected chi connectivity index (χ2v) is 6.76. The van der Waals surface area contributed by atoms with Gasteiger partial charge in [0.05, 0.1) is 6.04 Å². The van der Waals surface area contributed by atoms with Crippen molar-refractivity contribution in [1.82, 2.24) is 10.2 Å². The first kappa shape index (κ1) is 21.0. The van der Waals surface area contributed by atoms with E-state index in [1.54, 1.807) is 0 Å². The maximum absolute atomic E-state index is 12.8. The summed E-state index contributed by atoms with van der Waals surface area (Å²) in [4.78, 5) is 14.9. The molecule has 4 heteroatoms. The van der Waals surface area contributed by atoms with E-state index in [4.69, 9.17) is 0 Å². The molecule has 0 bridgehead atoms. The number of amides is 1. The van der Waals surface area contributed by atoms with E-state index in [-0.39, 0.29) is 18.4 Å². The molecule has 2 rings (SSSR count). The molecule has 0 saturated carbocycles. The highest BCUT2D eigenvalue weighted by Gasteiger charge is 2.22. The molecule has 1 heterocycles. The summed E-state index contributed by atoms with van der Waals surface area (Å²) in [5.74, 6) is 1.05. The molecular weight excluding hydrogens is 320 g/mol. The summed E-state index contributed by atoms with van der Waals surface area (Å²) in [6, 6.07) is 10.6. The zero-order valence-corrected chi connectivity index (χ0v) is 16.0.